The molecule has 6 heteroatoms. The Morgan fingerprint density at radius 1 is 1.32 bits per heavy atom. The highest BCUT2D eigenvalue weighted by Crippen LogP contribution is 2.21. The number of nitriles is 1. The smallest absolute Gasteiger partial charge is 0.266 e. The summed E-state index contributed by atoms with van der Waals surface area (Å²) in [6.45, 7) is 6.74. The van der Waals surface area contributed by atoms with Crippen LogP contribution in [0.4, 0.5) is 14.5 Å². The summed E-state index contributed by atoms with van der Waals surface area (Å²) in [6.07, 6.45) is 2.39. The first kappa shape index (κ1) is 18.4. The van der Waals surface area contributed by atoms with Crippen LogP contribution in [0.15, 0.2) is 29.8 Å². The molecule has 0 saturated carbocycles. The molecule has 130 valence electrons. The van der Waals surface area contributed by atoms with Gasteiger partial charge in [-0.05, 0) is 50.1 Å². The summed E-state index contributed by atoms with van der Waals surface area (Å²) < 4.78 is 29.4. The minimum atomic E-state index is -0.897. The molecule has 0 unspecified atom stereocenters. The number of amides is 1. The zero-order chi connectivity index (χ0) is 18.6. The Morgan fingerprint density at radius 2 is 1.96 bits per heavy atom. The van der Waals surface area contributed by atoms with Crippen molar-refractivity contribution in [1.82, 2.24) is 4.57 Å². The Labute approximate surface area is 145 Å². The fourth-order valence-corrected chi connectivity index (χ4v) is 2.64. The van der Waals surface area contributed by atoms with Crippen molar-refractivity contribution in [3.63, 3.8) is 0 Å². The maximum absolute atomic E-state index is 13.6. The minimum Gasteiger partial charge on any atom is -0.349 e. The van der Waals surface area contributed by atoms with Gasteiger partial charge < -0.3 is 9.88 Å². The lowest BCUT2D eigenvalue weighted by atomic mass is 10.1. The van der Waals surface area contributed by atoms with E-state index in [0.717, 1.165) is 42.0 Å². The van der Waals surface area contributed by atoms with Crippen molar-refractivity contribution in [1.29, 1.82) is 5.26 Å². The van der Waals surface area contributed by atoms with Gasteiger partial charge in [-0.15, -0.1) is 0 Å². The van der Waals surface area contributed by atoms with Crippen LogP contribution in [0, 0.1) is 36.8 Å². The number of hydrogen-bond acceptors (Lipinski definition) is 2. The quantitative estimate of drug-likeness (QED) is 0.648. The molecule has 0 atom stereocenters. The zero-order valence-corrected chi connectivity index (χ0v) is 14.4. The molecule has 0 saturated heterocycles. The molecule has 2 rings (SSSR count). The predicted molar refractivity (Wildman–Crippen MR) is 92.8 cm³/mol. The number of nitrogens with zero attached hydrogens (tertiary/aromatic N) is 2. The molecule has 0 fully saturated rings. The van der Waals surface area contributed by atoms with Crippen LogP contribution in [0.3, 0.4) is 0 Å². The van der Waals surface area contributed by atoms with Crippen molar-refractivity contribution in [3.05, 3.63) is 58.4 Å². The van der Waals surface area contributed by atoms with Crippen LogP contribution in [0.1, 0.15) is 30.3 Å². The summed E-state index contributed by atoms with van der Waals surface area (Å²) in [4.78, 5) is 12.2. The molecule has 25 heavy (non-hydrogen) atoms. The van der Waals surface area contributed by atoms with Crippen LogP contribution < -0.4 is 5.32 Å². The van der Waals surface area contributed by atoms with Gasteiger partial charge >= 0.3 is 0 Å². The van der Waals surface area contributed by atoms with Crippen molar-refractivity contribution in [2.75, 3.05) is 5.32 Å². The van der Waals surface area contributed by atoms with E-state index in [9.17, 15) is 18.8 Å². The van der Waals surface area contributed by atoms with Crippen molar-refractivity contribution >= 4 is 17.7 Å². The molecule has 0 aliphatic carbocycles. The normalized spacial score (nSPS) is 11.3. The number of halogens is 2. The average Bonchev–Trinajstić information content (AvgIpc) is 2.83. The highest BCUT2D eigenvalue weighted by molar-refractivity contribution is 6.09. The highest BCUT2D eigenvalue weighted by atomic mass is 19.1. The van der Waals surface area contributed by atoms with E-state index in [1.807, 2.05) is 19.9 Å². The number of benzene rings is 1. The number of aromatic nitrogens is 1. The summed E-state index contributed by atoms with van der Waals surface area (Å²) in [6, 6.07) is 6.93. The van der Waals surface area contributed by atoms with E-state index in [2.05, 4.69) is 16.8 Å². The van der Waals surface area contributed by atoms with Crippen molar-refractivity contribution in [3.8, 4) is 6.07 Å². The minimum absolute atomic E-state index is 0.223. The molecule has 1 heterocycles. The second-order valence-electron chi connectivity index (χ2n) is 5.70. The summed E-state index contributed by atoms with van der Waals surface area (Å²) >= 11 is 0. The number of hydrogen-bond donors (Lipinski definition) is 1. The molecule has 4 nitrogen and oxygen atoms in total. The molecular formula is C19H19F2N3O. The van der Waals surface area contributed by atoms with Gasteiger partial charge in [0.25, 0.3) is 5.91 Å². The van der Waals surface area contributed by atoms with Gasteiger partial charge in [-0.2, -0.15) is 5.26 Å². The monoisotopic (exact) mass is 343 g/mol. The van der Waals surface area contributed by atoms with Crippen LogP contribution in [0.5, 0.6) is 0 Å². The highest BCUT2D eigenvalue weighted by Gasteiger charge is 2.16. The van der Waals surface area contributed by atoms with Crippen LogP contribution in [-0.2, 0) is 11.3 Å². The average molecular weight is 343 g/mol. The maximum atomic E-state index is 13.6. The molecule has 2 aromatic rings. The molecule has 0 bridgehead atoms. The molecule has 0 aliphatic rings. The zero-order valence-electron chi connectivity index (χ0n) is 14.4. The summed E-state index contributed by atoms with van der Waals surface area (Å²) in [5.41, 5.74) is 1.89. The molecular weight excluding hydrogens is 324 g/mol. The van der Waals surface area contributed by atoms with Crippen LogP contribution >= 0.6 is 0 Å². The Hall–Kier alpha value is -2.94. The van der Waals surface area contributed by atoms with Gasteiger partial charge in [0.15, 0.2) is 0 Å². The molecule has 1 amide bonds. The first-order chi connectivity index (χ1) is 11.9. The molecule has 0 radical (unpaired) electrons. The Kier molecular flexibility index (Phi) is 5.71. The first-order valence-electron chi connectivity index (χ1n) is 7.92. The van der Waals surface area contributed by atoms with Gasteiger partial charge in [-0.25, -0.2) is 8.78 Å². The molecule has 1 aromatic carbocycles. The fraction of sp³-hybridized carbons (Fsp3) is 0.263. The second-order valence-corrected chi connectivity index (χ2v) is 5.70. The van der Waals surface area contributed by atoms with Gasteiger partial charge in [0.1, 0.15) is 29.0 Å². The molecule has 1 N–H and O–H groups in total. The van der Waals surface area contributed by atoms with Crippen LogP contribution in [0.25, 0.3) is 6.08 Å². The van der Waals surface area contributed by atoms with Crippen molar-refractivity contribution < 1.29 is 13.6 Å². The number of rotatable bonds is 5. The number of carbonyl (C=O) groups is 1. The number of nitrogens with one attached hydrogen (secondary N) is 1. The van der Waals surface area contributed by atoms with Gasteiger partial charge in [-0.1, -0.05) is 13.0 Å². The molecule has 0 spiro atoms. The van der Waals surface area contributed by atoms with E-state index in [1.54, 1.807) is 6.07 Å². The topological polar surface area (TPSA) is 57.8 Å². The SMILES string of the molecule is CCCn1c(C)cc(C=C(C#N)C(=O)Nc2c(F)cccc2F)c1C. The van der Waals surface area contributed by atoms with Gasteiger partial charge in [0.05, 0.1) is 0 Å². The Bertz CT molecular complexity index is 855. The first-order valence-corrected chi connectivity index (χ1v) is 7.92. The maximum Gasteiger partial charge on any atom is 0.266 e. The van der Waals surface area contributed by atoms with E-state index < -0.39 is 23.2 Å². The Morgan fingerprint density at radius 3 is 2.52 bits per heavy atom. The summed E-state index contributed by atoms with van der Waals surface area (Å²) in [7, 11) is 0. The predicted octanol–water partition coefficient (Wildman–Crippen LogP) is 4.34. The second kappa shape index (κ2) is 7.75. The van der Waals surface area contributed by atoms with Crippen molar-refractivity contribution in [2.45, 2.75) is 33.7 Å². The van der Waals surface area contributed by atoms with Gasteiger partial charge in [0.2, 0.25) is 0 Å². The summed E-state index contributed by atoms with van der Waals surface area (Å²) in [5, 5.41) is 11.4. The molecule has 1 aromatic heterocycles. The van der Waals surface area contributed by atoms with E-state index in [0.29, 0.717) is 0 Å². The molecule has 0 aliphatic heterocycles. The van der Waals surface area contributed by atoms with E-state index in [-0.39, 0.29) is 5.57 Å². The third-order valence-electron chi connectivity index (χ3n) is 3.93. The standard InChI is InChI=1S/C19H19F2N3O/c1-4-8-24-12(2)9-14(13(24)3)10-15(11-22)19(25)23-18-16(20)6-5-7-17(18)21/h5-7,9-10H,4,8H2,1-3H3,(H,23,25). The van der Waals surface area contributed by atoms with Gasteiger partial charge in [0, 0.05) is 17.9 Å². The van der Waals surface area contributed by atoms with Crippen LogP contribution in [0.2, 0.25) is 0 Å². The summed E-state index contributed by atoms with van der Waals surface area (Å²) in [5.74, 6) is -2.65. The lowest BCUT2D eigenvalue weighted by Crippen LogP contribution is -2.15. The van der Waals surface area contributed by atoms with E-state index in [1.165, 1.54) is 12.1 Å². The lowest BCUT2D eigenvalue weighted by molar-refractivity contribution is -0.112. The third kappa shape index (κ3) is 3.94. The van der Waals surface area contributed by atoms with Crippen LogP contribution in [-0.4, -0.2) is 10.5 Å². The fourth-order valence-electron chi connectivity index (χ4n) is 2.64. The number of anilines is 1. The number of aryl methyl sites for hydroxylation is 1. The largest absolute Gasteiger partial charge is 0.349 e. The van der Waals surface area contributed by atoms with Gasteiger partial charge in [-0.3, -0.25) is 4.79 Å². The Balaban J connectivity index is 2.34. The van der Waals surface area contributed by atoms with Crippen molar-refractivity contribution in [2.24, 2.45) is 0 Å². The van der Waals surface area contributed by atoms with E-state index in [4.69, 9.17) is 0 Å². The number of para-hydroxylation sites is 1. The van der Waals surface area contributed by atoms with E-state index >= 15 is 0 Å². The lowest BCUT2D eigenvalue weighted by Gasteiger charge is -2.08. The third-order valence-corrected chi connectivity index (χ3v) is 3.93. The number of carbonyl (C=O) groups excluding carboxylic acids is 1.